The normalized spacial score (nSPS) is 17.3. The molecule has 1 aromatic heterocycles. The number of hydrogen-bond donors (Lipinski definition) is 3. The Kier molecular flexibility index (Phi) is 8.22. The van der Waals surface area contributed by atoms with Crippen molar-refractivity contribution in [3.8, 4) is 0 Å². The first-order valence-electron chi connectivity index (χ1n) is 10.8. The summed E-state index contributed by atoms with van der Waals surface area (Å²) >= 11 is 0. The lowest BCUT2D eigenvalue weighted by atomic mass is 9.85. The van der Waals surface area contributed by atoms with Crippen molar-refractivity contribution >= 4 is 23.5 Å². The zero-order valence-corrected chi connectivity index (χ0v) is 18.7. The lowest BCUT2D eigenvalue weighted by molar-refractivity contribution is -0.192. The molecule has 188 valence electrons. The van der Waals surface area contributed by atoms with Crippen LogP contribution in [0.4, 0.5) is 18.9 Å². The van der Waals surface area contributed by atoms with E-state index in [1.54, 1.807) is 6.07 Å². The molecular formula is C22H25F3N6O4. The van der Waals surface area contributed by atoms with Crippen LogP contribution in [0.3, 0.4) is 0 Å². The van der Waals surface area contributed by atoms with Crippen LogP contribution in [-0.2, 0) is 9.59 Å². The molecule has 0 aliphatic carbocycles. The number of benzene rings is 1. The van der Waals surface area contributed by atoms with E-state index >= 15 is 0 Å². The summed E-state index contributed by atoms with van der Waals surface area (Å²) in [7, 11) is 0. The first-order chi connectivity index (χ1) is 16.6. The van der Waals surface area contributed by atoms with Crippen LogP contribution >= 0.6 is 0 Å². The maximum absolute atomic E-state index is 12.7. The summed E-state index contributed by atoms with van der Waals surface area (Å²) in [5.41, 5.74) is 1.12. The number of hydrogen-bond acceptors (Lipinski definition) is 7. The average molecular weight is 494 g/mol. The monoisotopic (exact) mass is 494 g/mol. The zero-order chi connectivity index (χ0) is 25.5. The summed E-state index contributed by atoms with van der Waals surface area (Å²) in [6, 6.07) is 11.7. The first kappa shape index (κ1) is 25.9. The summed E-state index contributed by atoms with van der Waals surface area (Å²) in [4.78, 5) is 38.1. The average Bonchev–Trinajstić information content (AvgIpc) is 3.16. The second-order valence-electron chi connectivity index (χ2n) is 7.99. The van der Waals surface area contributed by atoms with Crippen LogP contribution in [0.1, 0.15) is 23.2 Å². The molecule has 2 amide bonds. The van der Waals surface area contributed by atoms with E-state index in [0.29, 0.717) is 18.8 Å². The van der Waals surface area contributed by atoms with Gasteiger partial charge in [-0.1, -0.05) is 18.2 Å². The molecule has 0 unspecified atom stereocenters. The van der Waals surface area contributed by atoms with Gasteiger partial charge >= 0.3 is 12.1 Å². The Morgan fingerprint density at radius 3 is 2.34 bits per heavy atom. The van der Waals surface area contributed by atoms with E-state index < -0.39 is 17.7 Å². The molecule has 2 aliphatic heterocycles. The number of alkyl halides is 3. The molecule has 2 aromatic rings. The third-order valence-electron chi connectivity index (χ3n) is 5.89. The minimum absolute atomic E-state index is 0.120. The number of aliphatic carboxylic acids is 1. The number of piperidine rings is 1. The number of likely N-dealkylation sites (tertiary alicyclic amines) is 1. The number of amides is 2. The van der Waals surface area contributed by atoms with Crippen LogP contribution in [0.15, 0.2) is 48.8 Å². The number of carbonyl (C=O) groups is 3. The van der Waals surface area contributed by atoms with Gasteiger partial charge in [0.1, 0.15) is 5.54 Å². The number of nitrogens with zero attached hydrogens (tertiary/aromatic N) is 4. The Bertz CT molecular complexity index is 1010. The number of carbonyl (C=O) groups excluding carboxylic acids is 2. The highest BCUT2D eigenvalue weighted by molar-refractivity contribution is 5.94. The van der Waals surface area contributed by atoms with Gasteiger partial charge in [-0.05, 0) is 31.0 Å². The van der Waals surface area contributed by atoms with Gasteiger partial charge in [0.2, 0.25) is 5.91 Å². The lowest BCUT2D eigenvalue weighted by Crippen LogP contribution is -2.57. The van der Waals surface area contributed by atoms with Crippen LogP contribution < -0.4 is 15.5 Å². The number of halogens is 3. The molecule has 0 saturated carbocycles. The highest BCUT2D eigenvalue weighted by Crippen LogP contribution is 2.35. The molecule has 2 fully saturated rings. The van der Waals surface area contributed by atoms with Crippen molar-refractivity contribution in [2.75, 3.05) is 37.7 Å². The van der Waals surface area contributed by atoms with Crippen LogP contribution in [0, 0.1) is 0 Å². The van der Waals surface area contributed by atoms with E-state index in [2.05, 4.69) is 42.8 Å². The quantitative estimate of drug-likeness (QED) is 0.567. The van der Waals surface area contributed by atoms with Gasteiger partial charge < -0.3 is 25.5 Å². The maximum Gasteiger partial charge on any atom is 0.490 e. The number of carboxylic acids is 1. The number of carboxylic acid groups (broad SMARTS) is 1. The highest BCUT2D eigenvalue weighted by Gasteiger charge is 2.50. The summed E-state index contributed by atoms with van der Waals surface area (Å²) in [5.74, 6) is -2.78. The molecule has 35 heavy (non-hydrogen) atoms. The van der Waals surface area contributed by atoms with Gasteiger partial charge in [-0.15, -0.1) is 0 Å². The van der Waals surface area contributed by atoms with Crippen LogP contribution in [-0.4, -0.2) is 82.6 Å². The predicted octanol–water partition coefficient (Wildman–Crippen LogP) is 1.27. The molecule has 0 bridgehead atoms. The maximum atomic E-state index is 12.7. The number of nitrogens with one attached hydrogen (secondary N) is 2. The fourth-order valence-electron chi connectivity index (χ4n) is 4.03. The molecule has 2 aliphatic rings. The molecular weight excluding hydrogens is 469 g/mol. The Labute approximate surface area is 199 Å². The molecule has 2 saturated heterocycles. The van der Waals surface area contributed by atoms with Gasteiger partial charge in [0.15, 0.2) is 0 Å². The van der Waals surface area contributed by atoms with Crippen LogP contribution in [0.5, 0.6) is 0 Å². The van der Waals surface area contributed by atoms with Crippen molar-refractivity contribution in [1.82, 2.24) is 25.7 Å². The van der Waals surface area contributed by atoms with Crippen molar-refractivity contribution in [3.05, 3.63) is 54.4 Å². The van der Waals surface area contributed by atoms with E-state index in [0.717, 1.165) is 38.2 Å². The van der Waals surface area contributed by atoms with Crippen molar-refractivity contribution in [3.63, 3.8) is 0 Å². The summed E-state index contributed by atoms with van der Waals surface area (Å²) in [6.45, 7) is 3.52. The third-order valence-corrected chi connectivity index (χ3v) is 5.89. The Morgan fingerprint density at radius 2 is 1.77 bits per heavy atom. The molecule has 0 radical (unpaired) electrons. The van der Waals surface area contributed by atoms with E-state index in [1.807, 2.05) is 18.2 Å². The van der Waals surface area contributed by atoms with E-state index in [4.69, 9.17) is 9.90 Å². The molecule has 1 spiro atoms. The van der Waals surface area contributed by atoms with E-state index in [-0.39, 0.29) is 11.8 Å². The summed E-state index contributed by atoms with van der Waals surface area (Å²) in [6.07, 6.45) is -0.577. The molecule has 10 nitrogen and oxygen atoms in total. The smallest absolute Gasteiger partial charge is 0.475 e. The fraction of sp³-hybridized carbons (Fsp3) is 0.409. The van der Waals surface area contributed by atoms with Gasteiger partial charge in [-0.2, -0.15) is 23.4 Å². The lowest BCUT2D eigenvalue weighted by Gasteiger charge is -2.43. The molecule has 3 N–H and O–H groups in total. The Balaban J connectivity index is 0.000000429. The second kappa shape index (κ2) is 11.1. The summed E-state index contributed by atoms with van der Waals surface area (Å²) in [5, 5.41) is 20.5. The SMILES string of the molecule is O=C(NCCN1CCC2(CC1)C(=O)NCN2c1ccccc1)c1ccnnc1.O=C(O)C(F)(F)F. The first-order valence-corrected chi connectivity index (χ1v) is 10.8. The van der Waals surface area contributed by atoms with Gasteiger partial charge in [-0.3, -0.25) is 9.59 Å². The van der Waals surface area contributed by atoms with Crippen LogP contribution in [0.2, 0.25) is 0 Å². The topological polar surface area (TPSA) is 128 Å². The van der Waals surface area contributed by atoms with Crippen LogP contribution in [0.25, 0.3) is 0 Å². The minimum Gasteiger partial charge on any atom is -0.475 e. The molecule has 1 aromatic carbocycles. The van der Waals surface area contributed by atoms with Crippen molar-refractivity contribution < 1.29 is 32.7 Å². The number of rotatable bonds is 5. The van der Waals surface area contributed by atoms with E-state index in [1.165, 1.54) is 12.4 Å². The van der Waals surface area contributed by atoms with Crippen molar-refractivity contribution in [1.29, 1.82) is 0 Å². The zero-order valence-electron chi connectivity index (χ0n) is 18.7. The number of anilines is 1. The molecule has 13 heteroatoms. The number of aromatic nitrogens is 2. The van der Waals surface area contributed by atoms with Crippen molar-refractivity contribution in [2.45, 2.75) is 24.6 Å². The number of para-hydroxylation sites is 1. The standard InChI is InChI=1S/C20H24N6O2.C2HF3O2/c27-18(16-6-9-23-24-14-16)21-10-13-25-11-7-20(8-12-25)19(28)22-15-26(20)17-4-2-1-3-5-17;3-2(4,5)1(6)7/h1-6,9,14H,7-8,10-13,15H2,(H,21,27)(H,22,28);(H,6,7). The van der Waals surface area contributed by atoms with Gasteiger partial charge in [0.05, 0.1) is 24.6 Å². The molecule has 4 rings (SSSR count). The minimum atomic E-state index is -5.08. The largest absolute Gasteiger partial charge is 0.490 e. The van der Waals surface area contributed by atoms with Crippen molar-refractivity contribution in [2.24, 2.45) is 0 Å². The third kappa shape index (κ3) is 6.44. The Morgan fingerprint density at radius 1 is 1.11 bits per heavy atom. The predicted molar refractivity (Wildman–Crippen MR) is 118 cm³/mol. The molecule has 3 heterocycles. The highest BCUT2D eigenvalue weighted by atomic mass is 19.4. The van der Waals surface area contributed by atoms with Gasteiger partial charge in [0.25, 0.3) is 5.91 Å². The second-order valence-corrected chi connectivity index (χ2v) is 7.99. The molecule has 0 atom stereocenters. The van der Waals surface area contributed by atoms with E-state index in [9.17, 15) is 22.8 Å². The fourth-order valence-corrected chi connectivity index (χ4v) is 4.03. The Hall–Kier alpha value is -3.74. The summed E-state index contributed by atoms with van der Waals surface area (Å²) < 4.78 is 31.7. The van der Waals surface area contributed by atoms with Gasteiger partial charge in [-0.25, -0.2) is 4.79 Å². The van der Waals surface area contributed by atoms with Gasteiger partial charge in [0, 0.05) is 31.9 Å².